The summed E-state index contributed by atoms with van der Waals surface area (Å²) in [5.74, 6) is 0.0801. The molecule has 0 aromatic heterocycles. The Hall–Kier alpha value is -0.900. The van der Waals surface area contributed by atoms with Gasteiger partial charge in [0, 0.05) is 25.9 Å². The molecule has 0 aromatic carbocycles. The van der Waals surface area contributed by atoms with E-state index in [0.29, 0.717) is 19.5 Å². The Bertz CT molecular complexity index is 228. The molecule has 3 atom stereocenters. The molecule has 94 valence electrons. The van der Waals surface area contributed by atoms with Gasteiger partial charge in [-0.1, -0.05) is 13.8 Å². The van der Waals surface area contributed by atoms with Crippen molar-refractivity contribution in [1.82, 2.24) is 4.90 Å². The minimum Gasteiger partial charge on any atom is -0.393 e. The molecule has 0 aliphatic rings. The third-order valence-corrected chi connectivity index (χ3v) is 2.46. The van der Waals surface area contributed by atoms with Gasteiger partial charge in [-0.2, -0.15) is 0 Å². The number of carbonyl (C=O) groups excluding carboxylic acids is 2. The molecule has 0 bridgehead atoms. The number of hydrogen-bond donors (Lipinski definition) is 1. The molecule has 4 heteroatoms. The van der Waals surface area contributed by atoms with Gasteiger partial charge in [-0.05, 0) is 19.3 Å². The van der Waals surface area contributed by atoms with Crippen LogP contribution in [0.15, 0.2) is 0 Å². The van der Waals surface area contributed by atoms with E-state index in [-0.39, 0.29) is 23.8 Å². The molecular weight excluding hydrogens is 206 g/mol. The van der Waals surface area contributed by atoms with Gasteiger partial charge < -0.3 is 14.8 Å². The van der Waals surface area contributed by atoms with Crippen LogP contribution < -0.4 is 0 Å². The first-order chi connectivity index (χ1) is 7.36. The van der Waals surface area contributed by atoms with Crippen LogP contribution in [-0.2, 0) is 9.59 Å². The third kappa shape index (κ3) is 6.56. The second kappa shape index (κ2) is 7.39. The van der Waals surface area contributed by atoms with Gasteiger partial charge in [-0.25, -0.2) is 0 Å². The van der Waals surface area contributed by atoms with E-state index in [4.69, 9.17) is 0 Å². The van der Waals surface area contributed by atoms with Gasteiger partial charge >= 0.3 is 0 Å². The molecule has 0 saturated carbocycles. The van der Waals surface area contributed by atoms with E-state index in [2.05, 4.69) is 0 Å². The second-order valence-corrected chi connectivity index (χ2v) is 4.73. The van der Waals surface area contributed by atoms with Gasteiger partial charge in [0.15, 0.2) is 0 Å². The number of carbonyl (C=O) groups is 2. The predicted octanol–water partition coefficient (Wildman–Crippen LogP) is 1.08. The average molecular weight is 229 g/mol. The topological polar surface area (TPSA) is 57.6 Å². The largest absolute Gasteiger partial charge is 0.393 e. The molecule has 0 aromatic rings. The first kappa shape index (κ1) is 15.1. The van der Waals surface area contributed by atoms with Crippen molar-refractivity contribution in [2.75, 3.05) is 13.1 Å². The Morgan fingerprint density at radius 3 is 2.25 bits per heavy atom. The molecule has 0 saturated heterocycles. The van der Waals surface area contributed by atoms with Gasteiger partial charge in [0.05, 0.1) is 6.10 Å². The minimum absolute atomic E-state index is 0.0221. The van der Waals surface area contributed by atoms with E-state index in [1.807, 2.05) is 6.92 Å². The lowest BCUT2D eigenvalue weighted by molar-refractivity contribution is -0.130. The summed E-state index contributed by atoms with van der Waals surface area (Å²) in [6.07, 6.45) is 1.17. The Kier molecular flexibility index (Phi) is 6.97. The highest BCUT2D eigenvalue weighted by Gasteiger charge is 2.16. The summed E-state index contributed by atoms with van der Waals surface area (Å²) < 4.78 is 0. The number of aliphatic hydroxyl groups is 1. The van der Waals surface area contributed by atoms with Crippen LogP contribution in [0, 0.1) is 11.8 Å². The monoisotopic (exact) mass is 229 g/mol. The Balaban J connectivity index is 4.22. The van der Waals surface area contributed by atoms with Crippen molar-refractivity contribution in [3.63, 3.8) is 0 Å². The van der Waals surface area contributed by atoms with Gasteiger partial charge in [0.2, 0.25) is 5.91 Å². The Labute approximate surface area is 97.6 Å². The zero-order valence-electron chi connectivity index (χ0n) is 10.6. The SMILES string of the molecule is CC(=O)N(CC(C)C=O)CC(C)CC(C)O. The summed E-state index contributed by atoms with van der Waals surface area (Å²) in [7, 11) is 0. The molecule has 1 amide bonds. The van der Waals surface area contributed by atoms with E-state index in [9.17, 15) is 14.7 Å². The molecule has 16 heavy (non-hydrogen) atoms. The molecule has 0 aliphatic heterocycles. The molecule has 0 radical (unpaired) electrons. The van der Waals surface area contributed by atoms with Crippen LogP contribution in [0.3, 0.4) is 0 Å². The minimum atomic E-state index is -0.354. The van der Waals surface area contributed by atoms with Crippen molar-refractivity contribution >= 4 is 12.2 Å². The number of rotatable bonds is 7. The highest BCUT2D eigenvalue weighted by atomic mass is 16.3. The standard InChI is InChI=1S/C12H23NO3/c1-9(5-11(3)15)6-13(12(4)16)7-10(2)8-14/h8-11,15H,5-7H2,1-4H3. The molecular formula is C12H23NO3. The highest BCUT2D eigenvalue weighted by molar-refractivity contribution is 5.73. The predicted molar refractivity (Wildman–Crippen MR) is 62.9 cm³/mol. The highest BCUT2D eigenvalue weighted by Crippen LogP contribution is 2.09. The van der Waals surface area contributed by atoms with Crippen LogP contribution in [-0.4, -0.2) is 41.4 Å². The van der Waals surface area contributed by atoms with Crippen molar-refractivity contribution in [2.45, 2.75) is 40.2 Å². The van der Waals surface area contributed by atoms with Crippen molar-refractivity contribution < 1.29 is 14.7 Å². The van der Waals surface area contributed by atoms with Crippen molar-refractivity contribution in [3.8, 4) is 0 Å². The van der Waals surface area contributed by atoms with Crippen LogP contribution >= 0.6 is 0 Å². The summed E-state index contributed by atoms with van der Waals surface area (Å²) in [4.78, 5) is 23.6. The first-order valence-corrected chi connectivity index (χ1v) is 5.75. The lowest BCUT2D eigenvalue weighted by atomic mass is 10.0. The Morgan fingerprint density at radius 1 is 1.31 bits per heavy atom. The first-order valence-electron chi connectivity index (χ1n) is 5.75. The summed E-state index contributed by atoms with van der Waals surface area (Å²) in [5, 5.41) is 9.24. The quantitative estimate of drug-likeness (QED) is 0.664. The molecule has 4 nitrogen and oxygen atoms in total. The molecule has 3 unspecified atom stereocenters. The zero-order valence-corrected chi connectivity index (χ0v) is 10.6. The number of hydrogen-bond acceptors (Lipinski definition) is 3. The lowest BCUT2D eigenvalue weighted by Crippen LogP contribution is -2.37. The maximum Gasteiger partial charge on any atom is 0.219 e. The molecule has 0 spiro atoms. The van der Waals surface area contributed by atoms with Crippen LogP contribution in [0.5, 0.6) is 0 Å². The van der Waals surface area contributed by atoms with E-state index in [1.54, 1.807) is 18.7 Å². The van der Waals surface area contributed by atoms with Crippen LogP contribution in [0.4, 0.5) is 0 Å². The maximum absolute atomic E-state index is 11.4. The van der Waals surface area contributed by atoms with Gasteiger partial charge in [-0.3, -0.25) is 4.79 Å². The van der Waals surface area contributed by atoms with Crippen molar-refractivity contribution in [1.29, 1.82) is 0 Å². The maximum atomic E-state index is 11.4. The average Bonchev–Trinajstić information content (AvgIpc) is 2.14. The van der Waals surface area contributed by atoms with Gasteiger partial charge in [0.25, 0.3) is 0 Å². The molecule has 0 fully saturated rings. The van der Waals surface area contributed by atoms with E-state index in [0.717, 1.165) is 6.29 Å². The summed E-state index contributed by atoms with van der Waals surface area (Å²) in [5.41, 5.74) is 0. The van der Waals surface area contributed by atoms with Gasteiger partial charge in [0.1, 0.15) is 6.29 Å². The van der Waals surface area contributed by atoms with Crippen LogP contribution in [0.1, 0.15) is 34.1 Å². The molecule has 0 aliphatic carbocycles. The zero-order chi connectivity index (χ0) is 12.7. The van der Waals surface area contributed by atoms with Crippen molar-refractivity contribution in [3.05, 3.63) is 0 Å². The number of amides is 1. The fourth-order valence-electron chi connectivity index (χ4n) is 1.76. The fourth-order valence-corrected chi connectivity index (χ4v) is 1.76. The smallest absolute Gasteiger partial charge is 0.219 e. The van der Waals surface area contributed by atoms with Crippen LogP contribution in [0.2, 0.25) is 0 Å². The number of aldehydes is 1. The third-order valence-electron chi connectivity index (χ3n) is 2.46. The number of aliphatic hydroxyl groups excluding tert-OH is 1. The number of nitrogens with zero attached hydrogens (tertiary/aromatic N) is 1. The fraction of sp³-hybridized carbons (Fsp3) is 0.833. The molecule has 1 N–H and O–H groups in total. The van der Waals surface area contributed by atoms with Crippen molar-refractivity contribution in [2.24, 2.45) is 11.8 Å². The van der Waals surface area contributed by atoms with Crippen LogP contribution in [0.25, 0.3) is 0 Å². The summed E-state index contributed by atoms with van der Waals surface area (Å²) in [6, 6.07) is 0. The summed E-state index contributed by atoms with van der Waals surface area (Å²) >= 11 is 0. The Morgan fingerprint density at radius 2 is 1.88 bits per heavy atom. The van der Waals surface area contributed by atoms with E-state index >= 15 is 0 Å². The normalized spacial score (nSPS) is 16.3. The second-order valence-electron chi connectivity index (χ2n) is 4.73. The van der Waals surface area contributed by atoms with E-state index < -0.39 is 0 Å². The van der Waals surface area contributed by atoms with Gasteiger partial charge in [-0.15, -0.1) is 0 Å². The lowest BCUT2D eigenvalue weighted by Gasteiger charge is -2.26. The molecule has 0 rings (SSSR count). The summed E-state index contributed by atoms with van der Waals surface area (Å²) in [6.45, 7) is 8.09. The van der Waals surface area contributed by atoms with E-state index in [1.165, 1.54) is 6.92 Å². The molecule has 0 heterocycles.